The van der Waals surface area contributed by atoms with E-state index in [9.17, 15) is 8.78 Å². The maximum Gasteiger partial charge on any atom is 0.335 e. The number of alkyl halides is 2. The van der Waals surface area contributed by atoms with Gasteiger partial charge in [0.2, 0.25) is 6.43 Å². The van der Waals surface area contributed by atoms with E-state index in [1.54, 1.807) is 4.68 Å². The highest BCUT2D eigenvalue weighted by Gasteiger charge is 2.60. The number of ether oxygens (including phenoxy) is 1. The van der Waals surface area contributed by atoms with Crippen LogP contribution in [-0.4, -0.2) is 67.9 Å². The third-order valence-corrected chi connectivity index (χ3v) is 18.9. The van der Waals surface area contributed by atoms with Crippen molar-refractivity contribution in [2.75, 3.05) is 18.1 Å². The van der Waals surface area contributed by atoms with Crippen LogP contribution >= 0.6 is 11.8 Å². The molecule has 2 N–H and O–H groups in total. The van der Waals surface area contributed by atoms with Gasteiger partial charge in [0.25, 0.3) is 0 Å². The summed E-state index contributed by atoms with van der Waals surface area (Å²) in [6.07, 6.45) is -1.74. The Morgan fingerprint density at radius 2 is 1.63 bits per heavy atom. The van der Waals surface area contributed by atoms with Crippen molar-refractivity contribution in [2.24, 2.45) is 0 Å². The van der Waals surface area contributed by atoms with Crippen LogP contribution in [0, 0.1) is 0 Å². The fourth-order valence-corrected chi connectivity index (χ4v) is 17.7. The van der Waals surface area contributed by atoms with E-state index in [1.807, 2.05) is 0 Å². The Kier molecular flexibility index (Phi) is 8.92. The van der Waals surface area contributed by atoms with Crippen molar-refractivity contribution in [3.63, 3.8) is 0 Å². The van der Waals surface area contributed by atoms with Crippen LogP contribution in [0.3, 0.4) is 0 Å². The minimum atomic E-state index is -2.79. The molecule has 2 aromatic heterocycles. The Morgan fingerprint density at radius 1 is 1.00 bits per heavy atom. The van der Waals surface area contributed by atoms with E-state index in [0.717, 1.165) is 11.8 Å². The molecular weight excluding hydrogens is 549 g/mol. The molecule has 0 aromatic carbocycles. The highest BCUT2D eigenvalue weighted by Crippen LogP contribution is 2.48. The number of thioether (sulfide) groups is 1. The molecule has 2 aliphatic rings. The topological polar surface area (TPSA) is 107 Å². The van der Waals surface area contributed by atoms with Crippen molar-refractivity contribution in [1.82, 2.24) is 19.7 Å². The predicted octanol–water partition coefficient (Wildman–Crippen LogP) is 6.01. The second-order valence-corrected chi connectivity index (χ2v) is 21.3. The molecule has 2 aromatic rings. The summed E-state index contributed by atoms with van der Waals surface area (Å²) in [5.41, 5.74) is 7.43. The van der Waals surface area contributed by atoms with Crippen molar-refractivity contribution < 1.29 is 26.5 Å². The standard InChI is InChI=1S/C24H41F2N5O4SSi2/c1-13(2)37(14(3)4)32-10-18-17(34-38(35-37,15(5)6)16(7)8)9-20(33-18)31-23-21(22(27)28-12-29-23)24(30-31)36-11-19(25)26/h12-20H,9-11H2,1-8H3,(H2,27,28,29)/t17-,18-,20+/m0/s1. The van der Waals surface area contributed by atoms with Gasteiger partial charge in [0.1, 0.15) is 23.3 Å². The summed E-state index contributed by atoms with van der Waals surface area (Å²) >= 11 is 0.937. The molecule has 214 valence electrons. The van der Waals surface area contributed by atoms with Crippen molar-refractivity contribution in [2.45, 2.75) is 114 Å². The monoisotopic (exact) mass is 589 g/mol. The van der Waals surface area contributed by atoms with E-state index in [1.165, 1.54) is 6.33 Å². The molecule has 2 fully saturated rings. The van der Waals surface area contributed by atoms with E-state index in [2.05, 4.69) is 70.5 Å². The minimum absolute atomic E-state index is 0.198. The molecule has 2 saturated heterocycles. The molecule has 0 amide bonds. The van der Waals surface area contributed by atoms with Gasteiger partial charge in [-0.25, -0.2) is 23.4 Å². The first kappa shape index (κ1) is 29.8. The molecule has 3 atom stereocenters. The van der Waals surface area contributed by atoms with E-state index in [0.29, 0.717) is 29.1 Å². The number of halogens is 2. The molecule has 0 radical (unpaired) electrons. The average Bonchev–Trinajstić information content (AvgIpc) is 3.38. The second-order valence-electron chi connectivity index (χ2n) is 11.4. The number of rotatable bonds is 8. The molecule has 4 heterocycles. The lowest BCUT2D eigenvalue weighted by atomic mass is 10.2. The molecular formula is C24H41F2N5O4SSi2. The van der Waals surface area contributed by atoms with Gasteiger partial charge in [-0.15, -0.1) is 0 Å². The SMILES string of the molecule is CC(C)[Si]1(C(C)C)OC[C@@H]2O[C@@H](n3nc(SCC(F)F)c4c(N)ncnc43)C[C@@H]2O[Si](C(C)C)(C(C)C)O1. The maximum atomic E-state index is 13.0. The number of nitrogen functional groups attached to an aromatic ring is 1. The lowest BCUT2D eigenvalue weighted by Crippen LogP contribution is -2.65. The van der Waals surface area contributed by atoms with Gasteiger partial charge in [0, 0.05) is 6.42 Å². The summed E-state index contributed by atoms with van der Waals surface area (Å²) in [4.78, 5) is 8.45. The maximum absolute atomic E-state index is 13.0. The van der Waals surface area contributed by atoms with Crippen LogP contribution < -0.4 is 5.73 Å². The molecule has 0 unspecified atom stereocenters. The first-order chi connectivity index (χ1) is 17.8. The Bertz CT molecular complexity index is 1110. The minimum Gasteiger partial charge on any atom is -0.414 e. The Hall–Kier alpha value is -1.17. The van der Waals surface area contributed by atoms with Crippen LogP contribution in [0.2, 0.25) is 22.2 Å². The number of nitrogens with zero attached hydrogens (tertiary/aromatic N) is 4. The molecule has 2 aliphatic heterocycles. The van der Waals surface area contributed by atoms with Gasteiger partial charge in [-0.1, -0.05) is 67.2 Å². The Labute approximate surface area is 230 Å². The van der Waals surface area contributed by atoms with Crippen molar-refractivity contribution >= 4 is 45.7 Å². The molecule has 0 saturated carbocycles. The molecule has 38 heavy (non-hydrogen) atoms. The summed E-state index contributed by atoms with van der Waals surface area (Å²) in [5.74, 6) is -0.204. The molecule has 0 spiro atoms. The van der Waals surface area contributed by atoms with Gasteiger partial charge in [0.05, 0.1) is 23.8 Å². The Balaban J connectivity index is 1.73. The van der Waals surface area contributed by atoms with E-state index >= 15 is 0 Å². The fraction of sp³-hybridized carbons (Fsp3) is 0.792. The lowest BCUT2D eigenvalue weighted by molar-refractivity contribution is -0.0577. The van der Waals surface area contributed by atoms with Gasteiger partial charge in [-0.3, -0.25) is 0 Å². The number of nitrogens with two attached hydrogens (primary N) is 1. The van der Waals surface area contributed by atoms with Gasteiger partial charge >= 0.3 is 17.1 Å². The quantitative estimate of drug-likeness (QED) is 0.293. The highest BCUT2D eigenvalue weighted by molar-refractivity contribution is 7.99. The van der Waals surface area contributed by atoms with Gasteiger partial charge in [0.15, 0.2) is 11.9 Å². The zero-order valence-electron chi connectivity index (χ0n) is 23.5. The van der Waals surface area contributed by atoms with Crippen molar-refractivity contribution in [3.8, 4) is 0 Å². The molecule has 0 bridgehead atoms. The highest BCUT2D eigenvalue weighted by atomic mass is 32.2. The normalized spacial score (nSPS) is 25.6. The van der Waals surface area contributed by atoms with E-state index in [4.69, 9.17) is 23.4 Å². The molecule has 9 nitrogen and oxygen atoms in total. The molecule has 4 rings (SSSR count). The Morgan fingerprint density at radius 3 is 2.21 bits per heavy atom. The summed E-state index contributed by atoms with van der Waals surface area (Å²) in [5, 5.41) is 5.46. The zero-order valence-corrected chi connectivity index (χ0v) is 26.3. The first-order valence-electron chi connectivity index (χ1n) is 13.4. The number of anilines is 1. The summed E-state index contributed by atoms with van der Waals surface area (Å²) in [6.45, 7) is 17.8. The zero-order chi connectivity index (χ0) is 28.0. The van der Waals surface area contributed by atoms with Gasteiger partial charge in [-0.2, -0.15) is 5.10 Å². The first-order valence-corrected chi connectivity index (χ1v) is 18.3. The third-order valence-electron chi connectivity index (χ3n) is 7.63. The van der Waals surface area contributed by atoms with Crippen LogP contribution in [-0.2, 0) is 17.7 Å². The summed E-state index contributed by atoms with van der Waals surface area (Å²) in [7, 11) is -5.47. The number of fused-ring (bicyclic) bond motifs is 2. The van der Waals surface area contributed by atoms with Crippen molar-refractivity contribution in [1.29, 1.82) is 0 Å². The molecule has 14 heteroatoms. The summed E-state index contributed by atoms with van der Waals surface area (Å²) < 4.78 is 55.4. The van der Waals surface area contributed by atoms with Gasteiger partial charge in [-0.05, 0) is 22.2 Å². The average molecular weight is 590 g/mol. The van der Waals surface area contributed by atoms with Gasteiger partial charge < -0.3 is 23.4 Å². The number of hydrogen-bond acceptors (Lipinski definition) is 9. The number of aromatic nitrogens is 4. The van der Waals surface area contributed by atoms with E-state index in [-0.39, 0.29) is 40.2 Å². The second kappa shape index (κ2) is 11.4. The van der Waals surface area contributed by atoms with Crippen LogP contribution in [0.1, 0.15) is 68.0 Å². The smallest absolute Gasteiger partial charge is 0.335 e. The van der Waals surface area contributed by atoms with Crippen LogP contribution in [0.15, 0.2) is 11.4 Å². The predicted molar refractivity (Wildman–Crippen MR) is 149 cm³/mol. The van der Waals surface area contributed by atoms with Crippen LogP contribution in [0.5, 0.6) is 0 Å². The largest absolute Gasteiger partial charge is 0.414 e. The number of hydrogen-bond donors (Lipinski definition) is 1. The van der Waals surface area contributed by atoms with Crippen LogP contribution in [0.4, 0.5) is 14.6 Å². The summed E-state index contributed by atoms with van der Waals surface area (Å²) in [6, 6.07) is 0. The molecule has 0 aliphatic carbocycles. The van der Waals surface area contributed by atoms with E-state index < -0.39 is 35.5 Å². The fourth-order valence-electron chi connectivity index (χ4n) is 5.69. The lowest BCUT2D eigenvalue weighted by Gasteiger charge is -2.51. The third kappa shape index (κ3) is 5.29. The van der Waals surface area contributed by atoms with Crippen LogP contribution in [0.25, 0.3) is 11.0 Å². The van der Waals surface area contributed by atoms with Crippen molar-refractivity contribution in [3.05, 3.63) is 6.33 Å².